The number of benzene rings is 1. The molecule has 0 radical (unpaired) electrons. The molecule has 19 heavy (non-hydrogen) atoms. The van der Waals surface area contributed by atoms with E-state index in [-0.39, 0.29) is 5.91 Å². The molecular formula is C14H14BrNO3. The second-order valence-electron chi connectivity index (χ2n) is 4.41. The van der Waals surface area contributed by atoms with Crippen LogP contribution in [0.5, 0.6) is 0 Å². The lowest BCUT2D eigenvalue weighted by atomic mass is 10.2. The van der Waals surface area contributed by atoms with Gasteiger partial charge in [-0.25, -0.2) is 4.79 Å². The maximum atomic E-state index is 12.0. The molecule has 1 N–H and O–H groups in total. The number of hydrogen-bond acceptors (Lipinski definition) is 2. The summed E-state index contributed by atoms with van der Waals surface area (Å²) in [5, 5.41) is 9.03. The first-order chi connectivity index (χ1) is 9.08. The molecule has 1 amide bonds. The number of rotatable bonds is 3. The minimum atomic E-state index is -0.928. The smallest absolute Gasteiger partial charge is 0.326 e. The Hall–Kier alpha value is -1.62. The van der Waals surface area contributed by atoms with Crippen molar-refractivity contribution in [3.05, 3.63) is 40.4 Å². The highest BCUT2D eigenvalue weighted by atomic mass is 79.9. The zero-order valence-corrected chi connectivity index (χ0v) is 11.8. The van der Waals surface area contributed by atoms with Gasteiger partial charge in [-0.2, -0.15) is 0 Å². The third kappa shape index (κ3) is 3.44. The molecule has 0 bridgehead atoms. The second-order valence-corrected chi connectivity index (χ2v) is 5.33. The molecule has 4 nitrogen and oxygen atoms in total. The van der Waals surface area contributed by atoms with Gasteiger partial charge in [0, 0.05) is 17.1 Å². The van der Waals surface area contributed by atoms with Crippen molar-refractivity contribution in [2.75, 3.05) is 6.54 Å². The molecule has 0 aromatic heterocycles. The Kier molecular flexibility index (Phi) is 4.37. The number of hydrogen-bond donors (Lipinski definition) is 1. The van der Waals surface area contributed by atoms with E-state index in [1.165, 1.54) is 11.0 Å². The third-order valence-corrected chi connectivity index (χ3v) is 3.64. The molecule has 1 aliphatic heterocycles. The fraction of sp³-hybridized carbons (Fsp3) is 0.286. The average Bonchev–Trinajstić information content (AvgIpc) is 2.87. The van der Waals surface area contributed by atoms with Gasteiger partial charge in [-0.15, -0.1) is 0 Å². The quantitative estimate of drug-likeness (QED) is 0.870. The van der Waals surface area contributed by atoms with Crippen molar-refractivity contribution < 1.29 is 14.7 Å². The predicted molar refractivity (Wildman–Crippen MR) is 75.5 cm³/mol. The van der Waals surface area contributed by atoms with Crippen molar-refractivity contribution in [1.29, 1.82) is 0 Å². The lowest BCUT2D eigenvalue weighted by Gasteiger charge is -2.19. The maximum absolute atomic E-state index is 12.0. The summed E-state index contributed by atoms with van der Waals surface area (Å²) in [6.07, 6.45) is 4.42. The normalized spacial score (nSPS) is 19.0. The van der Waals surface area contributed by atoms with Gasteiger partial charge >= 0.3 is 5.97 Å². The van der Waals surface area contributed by atoms with E-state index in [9.17, 15) is 9.59 Å². The van der Waals surface area contributed by atoms with Gasteiger partial charge in [0.25, 0.3) is 0 Å². The number of aliphatic carboxylic acids is 1. The molecule has 5 heteroatoms. The fourth-order valence-corrected chi connectivity index (χ4v) is 2.39. The summed E-state index contributed by atoms with van der Waals surface area (Å²) in [7, 11) is 0. The lowest BCUT2D eigenvalue weighted by Crippen LogP contribution is -2.39. The van der Waals surface area contributed by atoms with E-state index in [0.717, 1.165) is 16.5 Å². The van der Waals surface area contributed by atoms with Gasteiger partial charge in [-0.3, -0.25) is 4.79 Å². The van der Waals surface area contributed by atoms with Gasteiger partial charge in [0.2, 0.25) is 5.91 Å². The molecule has 2 rings (SSSR count). The van der Waals surface area contributed by atoms with Crippen molar-refractivity contribution in [3.63, 3.8) is 0 Å². The van der Waals surface area contributed by atoms with E-state index >= 15 is 0 Å². The van der Waals surface area contributed by atoms with E-state index in [4.69, 9.17) is 5.11 Å². The topological polar surface area (TPSA) is 57.6 Å². The van der Waals surface area contributed by atoms with Crippen LogP contribution in [0.15, 0.2) is 34.8 Å². The fourth-order valence-electron chi connectivity index (χ4n) is 2.12. The first-order valence-electron chi connectivity index (χ1n) is 6.05. The number of carbonyl (C=O) groups excluding carboxylic acids is 1. The summed E-state index contributed by atoms with van der Waals surface area (Å²) in [6.45, 7) is 0.514. The number of nitrogens with zero attached hydrogens (tertiary/aromatic N) is 1. The summed E-state index contributed by atoms with van der Waals surface area (Å²) in [6, 6.07) is 6.86. The minimum absolute atomic E-state index is 0.243. The third-order valence-electron chi connectivity index (χ3n) is 3.11. The number of carbonyl (C=O) groups is 2. The molecule has 1 heterocycles. The highest BCUT2D eigenvalue weighted by molar-refractivity contribution is 9.10. The molecule has 0 aliphatic carbocycles. The molecular weight excluding hydrogens is 310 g/mol. The zero-order valence-electron chi connectivity index (χ0n) is 10.3. The first kappa shape index (κ1) is 13.8. The first-order valence-corrected chi connectivity index (χ1v) is 6.84. The molecule has 0 unspecified atom stereocenters. The van der Waals surface area contributed by atoms with Crippen LogP contribution in [0.4, 0.5) is 0 Å². The summed E-state index contributed by atoms with van der Waals surface area (Å²) >= 11 is 3.34. The SMILES string of the molecule is O=C(O)[C@@H]1CCCN1C(=O)C=Cc1ccc(Br)cc1. The summed E-state index contributed by atoms with van der Waals surface area (Å²) in [5.74, 6) is -1.17. The monoisotopic (exact) mass is 323 g/mol. The molecule has 1 atom stereocenters. The molecule has 1 aliphatic rings. The predicted octanol–water partition coefficient (Wildman–Crippen LogP) is 2.54. The number of carboxylic acid groups (broad SMARTS) is 1. The van der Waals surface area contributed by atoms with Gasteiger partial charge in [-0.1, -0.05) is 28.1 Å². The molecule has 1 saturated heterocycles. The molecule has 100 valence electrons. The van der Waals surface area contributed by atoms with Crippen molar-refractivity contribution >= 4 is 33.9 Å². The molecule has 1 aromatic carbocycles. The Balaban J connectivity index is 2.04. The van der Waals surface area contributed by atoms with E-state index < -0.39 is 12.0 Å². The number of carboxylic acids is 1. The Labute approximate surface area is 119 Å². The Morgan fingerprint density at radius 2 is 2.00 bits per heavy atom. The number of halogens is 1. The average molecular weight is 324 g/mol. The summed E-state index contributed by atoms with van der Waals surface area (Å²) in [5.41, 5.74) is 0.905. The number of likely N-dealkylation sites (tertiary alicyclic amines) is 1. The standard InChI is InChI=1S/C14H14BrNO3/c15-11-6-3-10(4-7-11)5-8-13(17)16-9-1-2-12(16)14(18)19/h3-8,12H,1-2,9H2,(H,18,19)/t12-/m0/s1. The Morgan fingerprint density at radius 3 is 2.63 bits per heavy atom. The van der Waals surface area contributed by atoms with Crippen LogP contribution in [0.3, 0.4) is 0 Å². The molecule has 1 aromatic rings. The Morgan fingerprint density at radius 1 is 1.32 bits per heavy atom. The van der Waals surface area contributed by atoms with E-state index in [1.54, 1.807) is 6.08 Å². The van der Waals surface area contributed by atoms with Crippen molar-refractivity contribution in [1.82, 2.24) is 4.90 Å². The molecule has 1 fully saturated rings. The minimum Gasteiger partial charge on any atom is -0.480 e. The van der Waals surface area contributed by atoms with Crippen LogP contribution in [0, 0.1) is 0 Å². The van der Waals surface area contributed by atoms with Gasteiger partial charge < -0.3 is 10.0 Å². The largest absolute Gasteiger partial charge is 0.480 e. The Bertz CT molecular complexity index is 510. The van der Waals surface area contributed by atoms with Gasteiger partial charge in [0.15, 0.2) is 0 Å². The van der Waals surface area contributed by atoms with Crippen LogP contribution < -0.4 is 0 Å². The molecule has 0 spiro atoms. The van der Waals surface area contributed by atoms with E-state index in [1.807, 2.05) is 24.3 Å². The summed E-state index contributed by atoms with van der Waals surface area (Å²) in [4.78, 5) is 24.4. The van der Waals surface area contributed by atoms with Gasteiger partial charge in [0.1, 0.15) is 6.04 Å². The lowest BCUT2D eigenvalue weighted by molar-refractivity contribution is -0.146. The number of amides is 1. The maximum Gasteiger partial charge on any atom is 0.326 e. The zero-order chi connectivity index (χ0) is 13.8. The van der Waals surface area contributed by atoms with Crippen LogP contribution in [0.25, 0.3) is 6.08 Å². The highest BCUT2D eigenvalue weighted by Gasteiger charge is 2.32. The van der Waals surface area contributed by atoms with Gasteiger partial charge in [-0.05, 0) is 36.6 Å². The van der Waals surface area contributed by atoms with Crippen LogP contribution in [-0.4, -0.2) is 34.5 Å². The van der Waals surface area contributed by atoms with Gasteiger partial charge in [0.05, 0.1) is 0 Å². The molecule has 0 saturated carbocycles. The van der Waals surface area contributed by atoms with Crippen LogP contribution >= 0.6 is 15.9 Å². The van der Waals surface area contributed by atoms with Crippen LogP contribution in [-0.2, 0) is 9.59 Å². The van der Waals surface area contributed by atoms with Crippen LogP contribution in [0.2, 0.25) is 0 Å². The van der Waals surface area contributed by atoms with Crippen molar-refractivity contribution in [2.24, 2.45) is 0 Å². The van der Waals surface area contributed by atoms with Crippen molar-refractivity contribution in [2.45, 2.75) is 18.9 Å². The van der Waals surface area contributed by atoms with E-state index in [0.29, 0.717) is 13.0 Å². The highest BCUT2D eigenvalue weighted by Crippen LogP contribution is 2.18. The summed E-state index contributed by atoms with van der Waals surface area (Å²) < 4.78 is 0.974. The van der Waals surface area contributed by atoms with E-state index in [2.05, 4.69) is 15.9 Å². The van der Waals surface area contributed by atoms with Crippen LogP contribution in [0.1, 0.15) is 18.4 Å². The second kappa shape index (κ2) is 6.02. The van der Waals surface area contributed by atoms with Crippen molar-refractivity contribution in [3.8, 4) is 0 Å².